The Morgan fingerprint density at radius 2 is 0.902 bits per heavy atom. The molecule has 0 nitrogen and oxygen atoms in total. The average Bonchev–Trinajstić information content (AvgIpc) is 3.36. The molecule has 9 heteroatoms. The van der Waals surface area contributed by atoms with Gasteiger partial charge in [-0.15, -0.1) is 0 Å². The van der Waals surface area contributed by atoms with Gasteiger partial charge in [-0.2, -0.15) is 0 Å². The van der Waals surface area contributed by atoms with Crippen LogP contribution in [0.5, 0.6) is 0 Å². The summed E-state index contributed by atoms with van der Waals surface area (Å²) in [6.07, 6.45) is 24.3. The first-order valence-corrected chi connectivity index (χ1v) is 38.7. The number of benzene rings is 2. The molecule has 0 amide bonds. The number of hydrogen-bond acceptors (Lipinski definition) is 0. The van der Waals surface area contributed by atoms with Gasteiger partial charge in [0.25, 0.3) is 0 Å². The summed E-state index contributed by atoms with van der Waals surface area (Å²) in [7, 11) is 13.1. The van der Waals surface area contributed by atoms with Crippen molar-refractivity contribution in [1.82, 2.24) is 0 Å². The first kappa shape index (κ1) is 38.7. The first-order chi connectivity index (χ1) is 23.8. The zero-order valence-corrected chi connectivity index (χ0v) is 40.5. The molecule has 0 aromatic heterocycles. The van der Waals surface area contributed by atoms with E-state index in [1.54, 1.807) is 0 Å². The van der Waals surface area contributed by atoms with Crippen LogP contribution in [0.3, 0.4) is 0 Å². The summed E-state index contributed by atoms with van der Waals surface area (Å²) in [5, 5.41) is 5.25. The third-order valence-corrected chi connectivity index (χ3v) is 42.7. The third-order valence-electron chi connectivity index (χ3n) is 12.0. The Morgan fingerprint density at radius 3 is 1.22 bits per heavy atom. The van der Waals surface area contributed by atoms with Crippen LogP contribution in [-0.4, -0.2) is 16.1 Å². The molecule has 266 valence electrons. The number of allylic oxidation sites excluding steroid dienone is 16. The van der Waals surface area contributed by atoms with Crippen molar-refractivity contribution in [1.29, 1.82) is 0 Å². The number of halogens is 6. The molecule has 2 aromatic rings. The maximum absolute atomic E-state index is 8.31. The van der Waals surface area contributed by atoms with Gasteiger partial charge in [0.05, 0.1) is 0 Å². The van der Waals surface area contributed by atoms with Crippen LogP contribution in [-0.2, 0) is 17.6 Å². The van der Waals surface area contributed by atoms with E-state index < -0.39 is 33.8 Å². The van der Waals surface area contributed by atoms with Crippen molar-refractivity contribution in [2.45, 2.75) is 84.2 Å². The molecule has 2 aromatic carbocycles. The second-order valence-electron chi connectivity index (χ2n) is 16.9. The molecule has 1 heterocycles. The molecule has 0 bridgehead atoms. The topological polar surface area (TPSA) is 0 Å². The van der Waals surface area contributed by atoms with Gasteiger partial charge in [-0.25, -0.2) is 0 Å². The van der Waals surface area contributed by atoms with Crippen molar-refractivity contribution in [3.05, 3.63) is 150 Å². The molecule has 0 radical (unpaired) electrons. The van der Waals surface area contributed by atoms with E-state index in [1.807, 2.05) is 0 Å². The molecule has 4 atom stereocenters. The minimum absolute atomic E-state index is 0.0147. The zero-order chi connectivity index (χ0) is 37.1. The molecule has 1 fully saturated rings. The van der Waals surface area contributed by atoms with Gasteiger partial charge < -0.3 is 0 Å². The van der Waals surface area contributed by atoms with Crippen LogP contribution in [0.25, 0.3) is 0 Å². The number of hydrogen-bond donors (Lipinski definition) is 0. The van der Waals surface area contributed by atoms with E-state index in [1.165, 1.54) is 33.4 Å². The molecule has 4 unspecified atom stereocenters. The zero-order valence-electron chi connectivity index (χ0n) is 30.4. The Kier molecular flexibility index (Phi) is 10.1. The summed E-state index contributed by atoms with van der Waals surface area (Å²) < 4.78 is -0.769. The normalized spacial score (nSPS) is 28.1. The van der Waals surface area contributed by atoms with Crippen molar-refractivity contribution in [2.24, 2.45) is 0 Å². The van der Waals surface area contributed by atoms with Crippen LogP contribution in [0, 0.1) is 0 Å². The molecule has 2 spiro atoms. The van der Waals surface area contributed by atoms with Crippen LogP contribution >= 0.6 is 63.6 Å². The van der Waals surface area contributed by atoms with Gasteiger partial charge in [0.15, 0.2) is 0 Å². The third kappa shape index (κ3) is 5.80. The fourth-order valence-corrected chi connectivity index (χ4v) is 42.5. The Balaban J connectivity index is 1.36. The Morgan fingerprint density at radius 1 is 0.569 bits per heavy atom. The van der Waals surface area contributed by atoms with Gasteiger partial charge in [-0.3, -0.25) is 0 Å². The molecule has 1 saturated heterocycles. The van der Waals surface area contributed by atoms with Crippen LogP contribution in [0.15, 0.2) is 118 Å². The van der Waals surface area contributed by atoms with E-state index in [2.05, 4.69) is 138 Å². The predicted molar refractivity (Wildman–Crippen MR) is 229 cm³/mol. The SMILES string of the molecule is CC1=CC2=C(C=CC=CC2c2cc(Cl)c([Si](C)(C)C)c(Cl)c2)[C]12CC[C]1(C(C)=CC3=C1C=CC=CC3c1cc(Cl)c([Si](C)(C)C)c(Cl)c1)[Hf]2([Cl])[Cl]. The monoisotopic (exact) mass is 994 g/mol. The molecular weight excluding hydrogens is 952 g/mol. The molecule has 1 aliphatic heterocycles. The Hall–Kier alpha value is -0.596. The second kappa shape index (κ2) is 13.3. The quantitative estimate of drug-likeness (QED) is 0.268. The standard InChI is InChI=1S/C42H44Cl4Si2.2ClH.Hf/c1-25-19-35-31(27-21-37(43)41(38(44)22-27)47(3,4)5)13-9-11-15-33(35)29(25)17-18-30-26(2)20-36-32(14-10-12-16-34(30)36)28-23-39(45)42(40(46)24-28)48(6,7)8;;;/h9-16,19-24,31-32H,17-18H2,1-8H3;2*1H;/q;;;+2/p-2. The van der Waals surface area contributed by atoms with E-state index in [0.29, 0.717) is 0 Å². The van der Waals surface area contributed by atoms with Crippen LogP contribution in [0.2, 0.25) is 65.7 Å². The van der Waals surface area contributed by atoms with Crippen molar-refractivity contribution in [3.8, 4) is 0 Å². The molecule has 4 aliphatic carbocycles. The molecule has 7 rings (SSSR count). The summed E-state index contributed by atoms with van der Waals surface area (Å²) in [6.45, 7) is 18.2. The molecule has 5 aliphatic rings. The van der Waals surface area contributed by atoms with Gasteiger partial charge in [0.1, 0.15) is 0 Å². The van der Waals surface area contributed by atoms with Gasteiger partial charge in [-0.1, -0.05) is 0 Å². The average molecular weight is 996 g/mol. The van der Waals surface area contributed by atoms with Gasteiger partial charge in [0.2, 0.25) is 0 Å². The van der Waals surface area contributed by atoms with E-state index in [9.17, 15) is 0 Å². The van der Waals surface area contributed by atoms with Crippen molar-refractivity contribution < 1.29 is 17.6 Å². The predicted octanol–water partition coefficient (Wildman–Crippen LogP) is 14.6. The summed E-state index contributed by atoms with van der Waals surface area (Å²) in [5.41, 5.74) is 9.82. The summed E-state index contributed by atoms with van der Waals surface area (Å²) >= 11 is 23.5. The van der Waals surface area contributed by atoms with Crippen molar-refractivity contribution in [2.75, 3.05) is 0 Å². The van der Waals surface area contributed by atoms with Gasteiger partial charge >= 0.3 is 342 Å². The Labute approximate surface area is 338 Å². The summed E-state index contributed by atoms with van der Waals surface area (Å²) in [5.74, 6) is -0.0295. The molecule has 51 heavy (non-hydrogen) atoms. The summed E-state index contributed by atoms with van der Waals surface area (Å²) in [6, 6.07) is 8.53. The van der Waals surface area contributed by atoms with Crippen LogP contribution in [0.4, 0.5) is 0 Å². The van der Waals surface area contributed by atoms with Gasteiger partial charge in [-0.05, 0) is 0 Å². The molecular formula is C42H44Cl6HfSi2. The Bertz CT molecular complexity index is 1940. The van der Waals surface area contributed by atoms with Crippen LogP contribution < -0.4 is 10.4 Å². The number of rotatable bonds is 4. The van der Waals surface area contributed by atoms with Crippen molar-refractivity contribution in [3.63, 3.8) is 0 Å². The van der Waals surface area contributed by atoms with E-state index in [0.717, 1.165) is 54.4 Å². The van der Waals surface area contributed by atoms with Crippen molar-refractivity contribution >= 4 is 90.1 Å². The number of fused-ring (bicyclic) bond motifs is 2. The molecule has 0 N–H and O–H groups in total. The second-order valence-corrected chi connectivity index (χ2v) is 49.7. The minimum atomic E-state index is -4.55. The maximum atomic E-state index is 8.31. The van der Waals surface area contributed by atoms with E-state index in [-0.39, 0.29) is 18.2 Å². The fraction of sp³-hybridized carbons (Fsp3) is 0.333. The van der Waals surface area contributed by atoms with Crippen LogP contribution in [0.1, 0.15) is 49.7 Å². The summed E-state index contributed by atoms with van der Waals surface area (Å²) in [4.78, 5) is 0. The molecule has 0 saturated carbocycles. The first-order valence-electron chi connectivity index (χ1n) is 17.7. The fourth-order valence-electron chi connectivity index (χ4n) is 9.75. The van der Waals surface area contributed by atoms with Gasteiger partial charge in [0, 0.05) is 0 Å². The van der Waals surface area contributed by atoms with E-state index >= 15 is 0 Å². The van der Waals surface area contributed by atoms with E-state index in [4.69, 9.17) is 63.6 Å².